The zero-order chi connectivity index (χ0) is 19.6. The Balaban J connectivity index is 1.60. The molecule has 5 heterocycles. The Kier molecular flexibility index (Phi) is 1.98. The van der Waals surface area contributed by atoms with Crippen LogP contribution in [0, 0.1) is 0 Å². The quantitative estimate of drug-likeness (QED) is 0.250. The normalized spacial score (nSPS) is 16.1. The van der Waals surface area contributed by atoms with E-state index >= 15 is 0 Å². The summed E-state index contributed by atoms with van der Waals surface area (Å²) in [5, 5.41) is 8.18. The van der Waals surface area contributed by atoms with Crippen LogP contribution in [0.3, 0.4) is 0 Å². The number of fused-ring (bicyclic) bond motifs is 3. The van der Waals surface area contributed by atoms with E-state index in [0.717, 1.165) is 0 Å². The summed E-state index contributed by atoms with van der Waals surface area (Å²) < 4.78 is 2.62. The molecule has 0 saturated carbocycles. The number of nitrogens with zero attached hydrogens (tertiary/aromatic N) is 3. The smallest absolute Gasteiger partial charge is 0.343 e. The van der Waals surface area contributed by atoms with Crippen molar-refractivity contribution in [3.8, 4) is 0 Å². The molecule has 6 aromatic rings. The first kappa shape index (κ1) is 14.4. The SMILES string of the molecule is c1cc2c3c4c(ccc3c1)Sc1ccc3ccc5c6cccc7c6n6c5c3c1N4B6N27. The maximum absolute atomic E-state index is 2.64. The molecule has 4 aliphatic heterocycles. The van der Waals surface area contributed by atoms with E-state index in [-0.39, 0.29) is 7.12 Å². The number of hydrogen-bond acceptors (Lipinski definition) is 3. The van der Waals surface area contributed by atoms with E-state index in [1.54, 1.807) is 0 Å². The van der Waals surface area contributed by atoms with Crippen LogP contribution in [-0.4, -0.2) is 11.6 Å². The van der Waals surface area contributed by atoms with E-state index in [2.05, 4.69) is 86.9 Å². The Morgan fingerprint density at radius 3 is 2.19 bits per heavy atom. The van der Waals surface area contributed by atoms with Crippen molar-refractivity contribution in [2.24, 2.45) is 0 Å². The van der Waals surface area contributed by atoms with Gasteiger partial charge in [-0.05, 0) is 35.0 Å². The second-order valence-corrected chi connectivity index (χ2v) is 10.1. The summed E-state index contributed by atoms with van der Waals surface area (Å²) >= 11 is 1.93. The number of anilines is 4. The van der Waals surface area contributed by atoms with E-state index in [1.165, 1.54) is 75.9 Å². The molecule has 0 N–H and O–H groups in total. The van der Waals surface area contributed by atoms with Crippen molar-refractivity contribution in [2.75, 3.05) is 9.62 Å². The first-order chi connectivity index (χ1) is 15.4. The largest absolute Gasteiger partial charge is 0.519 e. The summed E-state index contributed by atoms with van der Waals surface area (Å²) in [6.07, 6.45) is 0. The summed E-state index contributed by atoms with van der Waals surface area (Å²) in [5.41, 5.74) is 8.20. The Hall–Kier alpha value is -3.57. The molecule has 0 fully saturated rings. The Morgan fingerprint density at radius 2 is 1.29 bits per heavy atom. The van der Waals surface area contributed by atoms with Crippen molar-refractivity contribution in [3.63, 3.8) is 0 Å². The van der Waals surface area contributed by atoms with Gasteiger partial charge in [0.25, 0.3) is 0 Å². The van der Waals surface area contributed by atoms with Gasteiger partial charge in [0.1, 0.15) is 0 Å². The fraction of sp³-hybridized carbons (Fsp3) is 0. The van der Waals surface area contributed by atoms with E-state index in [0.29, 0.717) is 0 Å². The van der Waals surface area contributed by atoms with Crippen LogP contribution < -0.4 is 9.62 Å². The summed E-state index contributed by atoms with van der Waals surface area (Å²) in [7, 11) is 0.122. The Bertz CT molecular complexity index is 1900. The number of hydrogen-bond donors (Lipinski definition) is 0. The van der Waals surface area contributed by atoms with Gasteiger partial charge in [-0.2, -0.15) is 0 Å². The molecule has 0 radical (unpaired) electrons. The first-order valence-corrected chi connectivity index (χ1v) is 11.6. The van der Waals surface area contributed by atoms with E-state index < -0.39 is 0 Å². The van der Waals surface area contributed by atoms with Crippen molar-refractivity contribution in [1.82, 2.24) is 4.48 Å². The molecule has 0 aliphatic carbocycles. The zero-order valence-electron chi connectivity index (χ0n) is 16.3. The third-order valence-electron chi connectivity index (χ3n) is 7.75. The van der Waals surface area contributed by atoms with Crippen LogP contribution in [-0.2, 0) is 0 Å². The average Bonchev–Trinajstić information content (AvgIpc) is 3.35. The highest BCUT2D eigenvalue weighted by molar-refractivity contribution is 7.99. The summed E-state index contributed by atoms with van der Waals surface area (Å²) in [6.45, 7) is 0. The minimum Gasteiger partial charge on any atom is -0.343 e. The monoisotopic (exact) mass is 409 g/mol. The summed E-state index contributed by atoms with van der Waals surface area (Å²) in [5.74, 6) is 0. The summed E-state index contributed by atoms with van der Waals surface area (Å²) in [4.78, 5) is 7.95. The predicted octanol–water partition coefficient (Wildman–Crippen LogP) is 7.02. The van der Waals surface area contributed by atoms with Crippen molar-refractivity contribution < 1.29 is 0 Å². The highest BCUT2D eigenvalue weighted by atomic mass is 32.2. The molecule has 0 unspecified atom stereocenters. The topological polar surface area (TPSA) is 11.4 Å². The molecule has 0 saturated heterocycles. The van der Waals surface area contributed by atoms with Crippen molar-refractivity contribution in [1.29, 1.82) is 0 Å². The van der Waals surface area contributed by atoms with Crippen LogP contribution in [0.15, 0.2) is 82.6 Å². The second-order valence-electron chi connectivity index (χ2n) is 8.99. The molecule has 0 bridgehead atoms. The minimum atomic E-state index is 0.122. The molecule has 3 nitrogen and oxygen atoms in total. The van der Waals surface area contributed by atoms with E-state index in [9.17, 15) is 0 Å². The number of rotatable bonds is 0. The van der Waals surface area contributed by atoms with Gasteiger partial charge in [-0.25, -0.2) is 0 Å². The molecule has 140 valence electrons. The molecular formula is C26H12BN3S. The third kappa shape index (κ3) is 1.27. The van der Waals surface area contributed by atoms with Gasteiger partial charge in [-0.15, -0.1) is 0 Å². The Morgan fingerprint density at radius 1 is 0.581 bits per heavy atom. The highest BCUT2D eigenvalue weighted by Crippen LogP contribution is 2.63. The lowest BCUT2D eigenvalue weighted by atomic mass is 9.77. The van der Waals surface area contributed by atoms with Crippen molar-refractivity contribution in [3.05, 3.63) is 72.8 Å². The van der Waals surface area contributed by atoms with Gasteiger partial charge in [0.15, 0.2) is 0 Å². The van der Waals surface area contributed by atoms with Crippen LogP contribution in [0.25, 0.3) is 43.4 Å². The lowest BCUT2D eigenvalue weighted by Gasteiger charge is -2.46. The molecule has 0 spiro atoms. The van der Waals surface area contributed by atoms with Gasteiger partial charge in [0.2, 0.25) is 0 Å². The highest BCUT2D eigenvalue weighted by Gasteiger charge is 2.53. The summed E-state index contributed by atoms with van der Waals surface area (Å²) in [6, 6.07) is 27.5. The van der Waals surface area contributed by atoms with Crippen LogP contribution >= 0.6 is 11.8 Å². The first-order valence-electron chi connectivity index (χ1n) is 10.7. The van der Waals surface area contributed by atoms with Gasteiger partial charge < -0.3 is 14.1 Å². The second kappa shape index (κ2) is 4.25. The third-order valence-corrected chi connectivity index (χ3v) is 8.85. The van der Waals surface area contributed by atoms with E-state index in [4.69, 9.17) is 0 Å². The minimum absolute atomic E-state index is 0.122. The standard InChI is InChI=1S/C26H12BN3S/c1-3-13-8-11-19-25-21(13)17(5-1)28-18-6-2-4-15-16-10-7-14-9-12-20(31-19)26-22(14)24(16)29(23(15)18)27(28)30(25)26/h1-12H. The molecule has 10 rings (SSSR count). The Labute approximate surface area is 181 Å². The molecule has 0 amide bonds. The van der Waals surface area contributed by atoms with Gasteiger partial charge in [-0.1, -0.05) is 60.3 Å². The van der Waals surface area contributed by atoms with Gasteiger partial charge >= 0.3 is 7.12 Å². The fourth-order valence-electron chi connectivity index (χ4n) is 6.72. The lowest BCUT2D eigenvalue weighted by molar-refractivity contribution is 1.14. The fourth-order valence-corrected chi connectivity index (χ4v) is 7.82. The maximum atomic E-state index is 2.64. The number of para-hydroxylation sites is 1. The van der Waals surface area contributed by atoms with Crippen LogP contribution in [0.1, 0.15) is 0 Å². The molecule has 0 atom stereocenters. The van der Waals surface area contributed by atoms with Gasteiger partial charge in [0, 0.05) is 37.0 Å². The molecule has 4 aliphatic rings. The molecule has 5 heteroatoms. The average molecular weight is 409 g/mol. The number of benzene rings is 5. The zero-order valence-corrected chi connectivity index (χ0v) is 17.1. The van der Waals surface area contributed by atoms with Gasteiger partial charge in [0.05, 0.1) is 28.1 Å². The van der Waals surface area contributed by atoms with E-state index in [1.807, 2.05) is 11.8 Å². The van der Waals surface area contributed by atoms with Crippen molar-refractivity contribution in [2.45, 2.75) is 9.79 Å². The predicted molar refractivity (Wildman–Crippen MR) is 130 cm³/mol. The number of aromatic nitrogens is 1. The maximum Gasteiger partial charge on any atom is 0.519 e. The van der Waals surface area contributed by atoms with Crippen LogP contribution in [0.5, 0.6) is 0 Å². The molecular weight excluding hydrogens is 397 g/mol. The van der Waals surface area contributed by atoms with Crippen LogP contribution in [0.4, 0.5) is 22.7 Å². The molecule has 31 heavy (non-hydrogen) atoms. The van der Waals surface area contributed by atoms with Crippen molar-refractivity contribution >= 4 is 85.0 Å². The molecule has 1 aromatic heterocycles. The molecule has 5 aromatic carbocycles. The van der Waals surface area contributed by atoms with Crippen LogP contribution in [0.2, 0.25) is 0 Å². The lowest BCUT2D eigenvalue weighted by Crippen LogP contribution is -2.55. The van der Waals surface area contributed by atoms with Gasteiger partial charge in [-0.3, -0.25) is 0 Å².